The number of hydrogen-bond donors (Lipinski definition) is 1. The zero-order valence-electron chi connectivity index (χ0n) is 14.3. The van der Waals surface area contributed by atoms with Crippen LogP contribution >= 0.6 is 15.9 Å². The maximum Gasteiger partial charge on any atom is 0.133 e. The van der Waals surface area contributed by atoms with Crippen LogP contribution in [0.15, 0.2) is 47.2 Å². The molecule has 0 saturated carbocycles. The number of aryl methyl sites for hydroxylation is 1. The third kappa shape index (κ3) is 3.21. The van der Waals surface area contributed by atoms with Gasteiger partial charge in [0.1, 0.15) is 5.82 Å². The van der Waals surface area contributed by atoms with Crippen molar-refractivity contribution in [2.24, 2.45) is 0 Å². The molecule has 3 heterocycles. The Morgan fingerprint density at radius 2 is 2.00 bits per heavy atom. The highest BCUT2D eigenvalue weighted by Crippen LogP contribution is 2.34. The molecule has 4 rings (SSSR count). The first-order chi connectivity index (χ1) is 12.3. The Hall–Kier alpha value is -2.14. The minimum absolute atomic E-state index is 0.974. The van der Waals surface area contributed by atoms with Crippen molar-refractivity contribution in [3.05, 3.63) is 58.3 Å². The summed E-state index contributed by atoms with van der Waals surface area (Å²) < 4.78 is 3.03. The number of fused-ring (bicyclic) bond motifs is 1. The fourth-order valence-corrected chi connectivity index (χ4v) is 3.70. The van der Waals surface area contributed by atoms with E-state index in [0.29, 0.717) is 0 Å². The van der Waals surface area contributed by atoms with Crippen molar-refractivity contribution >= 4 is 21.7 Å². The molecule has 0 saturated heterocycles. The number of nitrogens with zero attached hydrogens (tertiary/aromatic N) is 3. The first-order valence-electron chi connectivity index (χ1n) is 8.82. The molecule has 0 bridgehead atoms. The van der Waals surface area contributed by atoms with E-state index in [9.17, 15) is 0 Å². The van der Waals surface area contributed by atoms with Gasteiger partial charge in [-0.1, -0.05) is 19.1 Å². The quantitative estimate of drug-likeness (QED) is 0.676. The SMILES string of the molecule is CCc1ccc(-n2nc(-c3cncc(Br)c3)c3c2NCCCC3)cc1. The second-order valence-electron chi connectivity index (χ2n) is 6.38. The Labute approximate surface area is 156 Å². The van der Waals surface area contributed by atoms with Crippen LogP contribution in [0.3, 0.4) is 0 Å². The molecule has 1 N–H and O–H groups in total. The van der Waals surface area contributed by atoms with E-state index in [4.69, 9.17) is 5.10 Å². The maximum atomic E-state index is 4.96. The van der Waals surface area contributed by atoms with Gasteiger partial charge in [-0.2, -0.15) is 5.10 Å². The molecule has 3 aromatic rings. The molecule has 2 aromatic heterocycles. The van der Waals surface area contributed by atoms with Gasteiger partial charge in [0.15, 0.2) is 0 Å². The van der Waals surface area contributed by atoms with Crippen LogP contribution in [0.2, 0.25) is 0 Å². The molecule has 0 spiro atoms. The predicted molar refractivity (Wildman–Crippen MR) is 105 cm³/mol. The fourth-order valence-electron chi connectivity index (χ4n) is 3.34. The number of benzene rings is 1. The van der Waals surface area contributed by atoms with E-state index >= 15 is 0 Å². The minimum Gasteiger partial charge on any atom is -0.370 e. The summed E-state index contributed by atoms with van der Waals surface area (Å²) in [4.78, 5) is 4.32. The molecule has 128 valence electrons. The Morgan fingerprint density at radius 3 is 2.76 bits per heavy atom. The molecule has 1 aromatic carbocycles. The number of aromatic nitrogens is 3. The first kappa shape index (κ1) is 16.3. The molecule has 5 heteroatoms. The summed E-state index contributed by atoms with van der Waals surface area (Å²) in [5.74, 6) is 1.12. The summed E-state index contributed by atoms with van der Waals surface area (Å²) in [6.07, 6.45) is 8.14. The van der Waals surface area contributed by atoms with Crippen LogP contribution in [0.5, 0.6) is 0 Å². The van der Waals surface area contributed by atoms with Crippen LogP contribution in [-0.2, 0) is 12.8 Å². The largest absolute Gasteiger partial charge is 0.370 e. The molecular weight excluding hydrogens is 376 g/mol. The molecule has 0 amide bonds. The van der Waals surface area contributed by atoms with Gasteiger partial charge in [0, 0.05) is 34.5 Å². The van der Waals surface area contributed by atoms with Gasteiger partial charge >= 0.3 is 0 Å². The van der Waals surface area contributed by atoms with Crippen LogP contribution < -0.4 is 5.32 Å². The maximum absolute atomic E-state index is 4.96. The first-order valence-corrected chi connectivity index (χ1v) is 9.61. The minimum atomic E-state index is 0.974. The van der Waals surface area contributed by atoms with Crippen molar-refractivity contribution < 1.29 is 0 Å². The van der Waals surface area contributed by atoms with Gasteiger partial charge in [-0.15, -0.1) is 0 Å². The van der Waals surface area contributed by atoms with E-state index in [1.807, 2.05) is 6.20 Å². The molecule has 0 aliphatic carbocycles. The van der Waals surface area contributed by atoms with Crippen molar-refractivity contribution in [2.75, 3.05) is 11.9 Å². The summed E-state index contributed by atoms with van der Waals surface area (Å²) in [6, 6.07) is 10.8. The van der Waals surface area contributed by atoms with Crippen LogP contribution in [-0.4, -0.2) is 21.3 Å². The van der Waals surface area contributed by atoms with Crippen molar-refractivity contribution in [2.45, 2.75) is 32.6 Å². The topological polar surface area (TPSA) is 42.7 Å². The molecule has 0 fully saturated rings. The molecule has 0 radical (unpaired) electrons. The number of halogens is 1. The molecule has 25 heavy (non-hydrogen) atoms. The summed E-state index contributed by atoms with van der Waals surface area (Å²) in [6.45, 7) is 3.16. The number of pyridine rings is 1. The summed E-state index contributed by atoms with van der Waals surface area (Å²) in [5.41, 5.74) is 5.80. The number of hydrogen-bond acceptors (Lipinski definition) is 3. The van der Waals surface area contributed by atoms with Crippen molar-refractivity contribution in [1.82, 2.24) is 14.8 Å². The lowest BCUT2D eigenvalue weighted by atomic mass is 10.1. The summed E-state index contributed by atoms with van der Waals surface area (Å²) in [5, 5.41) is 8.56. The Balaban J connectivity index is 1.86. The van der Waals surface area contributed by atoms with Crippen LogP contribution in [0, 0.1) is 0 Å². The predicted octanol–water partition coefficient (Wildman–Crippen LogP) is 5.01. The second kappa shape index (κ2) is 7.00. The van der Waals surface area contributed by atoms with E-state index in [1.54, 1.807) is 6.20 Å². The van der Waals surface area contributed by atoms with E-state index < -0.39 is 0 Å². The van der Waals surface area contributed by atoms with Crippen LogP contribution in [0.25, 0.3) is 16.9 Å². The van der Waals surface area contributed by atoms with Crippen molar-refractivity contribution in [3.8, 4) is 16.9 Å². The van der Waals surface area contributed by atoms with Gasteiger partial charge in [0.2, 0.25) is 0 Å². The highest BCUT2D eigenvalue weighted by atomic mass is 79.9. The van der Waals surface area contributed by atoms with Gasteiger partial charge < -0.3 is 5.32 Å². The summed E-state index contributed by atoms with van der Waals surface area (Å²) >= 11 is 3.53. The van der Waals surface area contributed by atoms with Gasteiger partial charge in [0.25, 0.3) is 0 Å². The second-order valence-corrected chi connectivity index (χ2v) is 7.30. The lowest BCUT2D eigenvalue weighted by Crippen LogP contribution is -2.07. The van der Waals surface area contributed by atoms with Gasteiger partial charge in [-0.25, -0.2) is 4.68 Å². The van der Waals surface area contributed by atoms with Gasteiger partial charge in [0.05, 0.1) is 11.4 Å². The highest BCUT2D eigenvalue weighted by Gasteiger charge is 2.21. The number of anilines is 1. The molecular formula is C20H21BrN4. The van der Waals surface area contributed by atoms with Gasteiger partial charge in [-0.3, -0.25) is 4.98 Å². The van der Waals surface area contributed by atoms with E-state index in [0.717, 1.165) is 46.6 Å². The van der Waals surface area contributed by atoms with Crippen molar-refractivity contribution in [1.29, 1.82) is 0 Å². The van der Waals surface area contributed by atoms with Crippen LogP contribution in [0.4, 0.5) is 5.82 Å². The highest BCUT2D eigenvalue weighted by molar-refractivity contribution is 9.10. The third-order valence-electron chi connectivity index (χ3n) is 4.70. The van der Waals surface area contributed by atoms with Gasteiger partial charge in [-0.05, 0) is 65.4 Å². The monoisotopic (exact) mass is 396 g/mol. The fraction of sp³-hybridized carbons (Fsp3) is 0.300. The molecule has 1 aliphatic rings. The lowest BCUT2D eigenvalue weighted by Gasteiger charge is -2.09. The molecule has 0 atom stereocenters. The Morgan fingerprint density at radius 1 is 1.16 bits per heavy atom. The zero-order valence-corrected chi connectivity index (χ0v) is 15.9. The number of nitrogens with one attached hydrogen (secondary N) is 1. The molecule has 4 nitrogen and oxygen atoms in total. The normalized spacial score (nSPS) is 13.8. The lowest BCUT2D eigenvalue weighted by molar-refractivity contribution is 0.780. The van der Waals surface area contributed by atoms with Crippen molar-refractivity contribution in [3.63, 3.8) is 0 Å². The summed E-state index contributed by atoms with van der Waals surface area (Å²) in [7, 11) is 0. The van der Waals surface area contributed by atoms with E-state index in [2.05, 4.69) is 68.2 Å². The third-order valence-corrected chi connectivity index (χ3v) is 5.13. The smallest absolute Gasteiger partial charge is 0.133 e. The van der Waals surface area contributed by atoms with Crippen LogP contribution in [0.1, 0.15) is 30.9 Å². The van der Waals surface area contributed by atoms with E-state index in [-0.39, 0.29) is 0 Å². The Bertz CT molecular complexity index is 883. The standard InChI is InChI=1S/C20H21BrN4/c1-2-14-6-8-17(9-7-14)25-20-18(5-3-4-10-23-20)19(24-25)15-11-16(21)13-22-12-15/h6-9,11-13,23H,2-5,10H2,1H3. The average Bonchev–Trinajstić information content (AvgIpc) is 2.83. The average molecular weight is 397 g/mol. The Kier molecular flexibility index (Phi) is 4.57. The molecule has 0 unspecified atom stereocenters. The molecule has 1 aliphatic heterocycles. The van der Waals surface area contributed by atoms with E-state index in [1.165, 1.54) is 24.0 Å². The zero-order chi connectivity index (χ0) is 17.2. The number of rotatable bonds is 3.